The normalized spacial score (nSPS) is 16.8. The van der Waals surface area contributed by atoms with Crippen LogP contribution in [0, 0.1) is 11.6 Å². The molecule has 2 N–H and O–H groups in total. The third kappa shape index (κ3) is 3.01. The molecule has 0 saturated carbocycles. The van der Waals surface area contributed by atoms with Gasteiger partial charge in [0.25, 0.3) is 5.91 Å². The summed E-state index contributed by atoms with van der Waals surface area (Å²) < 4.78 is 37.8. The average Bonchev–Trinajstić information content (AvgIpc) is 3.17. The van der Waals surface area contributed by atoms with Crippen LogP contribution in [0.2, 0.25) is 0 Å². The maximum Gasteiger partial charge on any atom is 0.254 e. The maximum atomic E-state index is 14.0. The molecular weight excluding hydrogens is 310 g/mol. The van der Waals surface area contributed by atoms with Crippen LogP contribution in [0.1, 0.15) is 22.5 Å². The summed E-state index contributed by atoms with van der Waals surface area (Å²) in [5.41, 5.74) is 4.73. The number of ether oxygens (including phenoxy) is 1. The van der Waals surface area contributed by atoms with E-state index < -0.39 is 29.2 Å². The first-order valence-electron chi connectivity index (χ1n) is 6.73. The van der Waals surface area contributed by atoms with Crippen molar-refractivity contribution in [3.05, 3.63) is 53.5 Å². The van der Waals surface area contributed by atoms with Gasteiger partial charge in [0.2, 0.25) is 0 Å². The van der Waals surface area contributed by atoms with Gasteiger partial charge in [-0.3, -0.25) is 4.79 Å². The molecule has 0 bridgehead atoms. The summed E-state index contributed by atoms with van der Waals surface area (Å²) in [5, 5.41) is 3.87. The minimum atomic E-state index is -1.20. The van der Waals surface area contributed by atoms with E-state index in [4.69, 9.17) is 19.7 Å². The third-order valence-corrected chi connectivity index (χ3v) is 3.27. The Morgan fingerprint density at radius 2 is 2.22 bits per heavy atom. The fraction of sp³-hybridized carbons (Fsp3) is 0.200. The molecule has 2 heterocycles. The van der Waals surface area contributed by atoms with Gasteiger partial charge in [-0.25, -0.2) is 8.78 Å². The highest BCUT2D eigenvalue weighted by molar-refractivity contribution is 5.98. The zero-order valence-electron chi connectivity index (χ0n) is 11.8. The molecule has 23 heavy (non-hydrogen) atoms. The minimum Gasteiger partial charge on any atom is -0.486 e. The number of rotatable bonds is 5. The van der Waals surface area contributed by atoms with Crippen molar-refractivity contribution in [3.8, 4) is 5.75 Å². The van der Waals surface area contributed by atoms with E-state index in [1.165, 1.54) is 6.26 Å². The molecule has 1 aromatic heterocycles. The van der Waals surface area contributed by atoms with Gasteiger partial charge in [-0.15, -0.1) is 0 Å². The molecule has 0 saturated heterocycles. The summed E-state index contributed by atoms with van der Waals surface area (Å²) in [6.07, 6.45) is 1.48. The molecule has 0 aliphatic carbocycles. The molecule has 120 valence electrons. The van der Waals surface area contributed by atoms with Gasteiger partial charge in [-0.2, -0.15) is 0 Å². The zero-order valence-corrected chi connectivity index (χ0v) is 11.8. The average molecular weight is 322 g/mol. The van der Waals surface area contributed by atoms with Crippen molar-refractivity contribution >= 4 is 11.6 Å². The van der Waals surface area contributed by atoms with E-state index in [2.05, 4.69) is 5.16 Å². The van der Waals surface area contributed by atoms with Gasteiger partial charge in [-0.05, 0) is 24.3 Å². The molecule has 1 atom stereocenters. The fourth-order valence-corrected chi connectivity index (χ4v) is 2.16. The second-order valence-corrected chi connectivity index (χ2v) is 4.86. The lowest BCUT2D eigenvalue weighted by molar-refractivity contribution is 0.0458. The number of hydrogen-bond donors (Lipinski definition) is 1. The first-order chi connectivity index (χ1) is 11.1. The van der Waals surface area contributed by atoms with E-state index in [0.717, 1.165) is 12.1 Å². The number of benzene rings is 1. The summed E-state index contributed by atoms with van der Waals surface area (Å²) in [6, 6.07) is 5.46. The summed E-state index contributed by atoms with van der Waals surface area (Å²) >= 11 is 0. The minimum absolute atomic E-state index is 0.0333. The molecule has 6 nitrogen and oxygen atoms in total. The SMILES string of the molecule is NC(=O)c1c(F)ccc(OCC2CC(c3ccco3)=NO2)c1F. The lowest BCUT2D eigenvalue weighted by atomic mass is 10.1. The largest absolute Gasteiger partial charge is 0.486 e. The van der Waals surface area contributed by atoms with Crippen LogP contribution in [-0.2, 0) is 4.84 Å². The van der Waals surface area contributed by atoms with Crippen molar-refractivity contribution in [2.75, 3.05) is 6.61 Å². The number of furan rings is 1. The molecule has 1 unspecified atom stereocenters. The van der Waals surface area contributed by atoms with Gasteiger partial charge in [-0.1, -0.05) is 5.16 Å². The first kappa shape index (κ1) is 15.0. The van der Waals surface area contributed by atoms with E-state index in [0.29, 0.717) is 17.9 Å². The maximum absolute atomic E-state index is 14.0. The number of carbonyl (C=O) groups excluding carboxylic acids is 1. The van der Waals surface area contributed by atoms with Crippen molar-refractivity contribution in [1.82, 2.24) is 0 Å². The summed E-state index contributed by atoms with van der Waals surface area (Å²) in [4.78, 5) is 16.2. The zero-order chi connectivity index (χ0) is 16.4. The van der Waals surface area contributed by atoms with Crippen LogP contribution < -0.4 is 10.5 Å². The molecule has 2 aromatic rings. The Bertz CT molecular complexity index is 759. The molecule has 0 radical (unpaired) electrons. The van der Waals surface area contributed by atoms with Crippen LogP contribution >= 0.6 is 0 Å². The Morgan fingerprint density at radius 3 is 2.91 bits per heavy atom. The van der Waals surface area contributed by atoms with Crippen LogP contribution in [0.15, 0.2) is 40.1 Å². The van der Waals surface area contributed by atoms with Crippen molar-refractivity contribution in [3.63, 3.8) is 0 Å². The highest BCUT2D eigenvalue weighted by atomic mass is 19.1. The summed E-state index contributed by atoms with van der Waals surface area (Å²) in [6.45, 7) is -0.0333. The van der Waals surface area contributed by atoms with E-state index in [1.54, 1.807) is 12.1 Å². The molecule has 0 fully saturated rings. The van der Waals surface area contributed by atoms with Gasteiger partial charge in [0, 0.05) is 6.42 Å². The molecule has 1 amide bonds. The van der Waals surface area contributed by atoms with Crippen LogP contribution in [0.3, 0.4) is 0 Å². The van der Waals surface area contributed by atoms with Gasteiger partial charge in [0.1, 0.15) is 23.7 Å². The number of oxime groups is 1. The Kier molecular flexibility index (Phi) is 3.96. The van der Waals surface area contributed by atoms with E-state index in [1.807, 2.05) is 0 Å². The molecule has 3 rings (SSSR count). The van der Waals surface area contributed by atoms with E-state index in [9.17, 15) is 13.6 Å². The van der Waals surface area contributed by atoms with Crippen LogP contribution in [0.4, 0.5) is 8.78 Å². The summed E-state index contributed by atoms with van der Waals surface area (Å²) in [5.74, 6) is -3.08. The Morgan fingerprint density at radius 1 is 1.39 bits per heavy atom. The highest BCUT2D eigenvalue weighted by Crippen LogP contribution is 2.24. The van der Waals surface area contributed by atoms with Gasteiger partial charge < -0.3 is 19.7 Å². The van der Waals surface area contributed by atoms with Crippen LogP contribution in [0.5, 0.6) is 5.75 Å². The number of halogens is 2. The van der Waals surface area contributed by atoms with E-state index in [-0.39, 0.29) is 12.4 Å². The van der Waals surface area contributed by atoms with Crippen molar-refractivity contribution in [1.29, 1.82) is 0 Å². The Labute approximate surface area is 129 Å². The number of nitrogens with zero attached hydrogens (tertiary/aromatic N) is 1. The standard InChI is InChI=1S/C15H12F2N2O4/c16-9-3-4-12(14(17)13(9)15(18)20)22-7-8-6-10(19-23-8)11-2-1-5-21-11/h1-5,8H,6-7H2,(H2,18,20). The second-order valence-electron chi connectivity index (χ2n) is 4.86. The first-order valence-corrected chi connectivity index (χ1v) is 6.73. The van der Waals surface area contributed by atoms with Crippen molar-refractivity contribution < 1.29 is 27.6 Å². The third-order valence-electron chi connectivity index (χ3n) is 3.27. The van der Waals surface area contributed by atoms with Crippen LogP contribution in [-0.4, -0.2) is 24.3 Å². The number of hydrogen-bond acceptors (Lipinski definition) is 5. The molecule has 1 aromatic carbocycles. The van der Waals surface area contributed by atoms with Gasteiger partial charge in [0.15, 0.2) is 23.4 Å². The van der Waals surface area contributed by atoms with Crippen molar-refractivity contribution in [2.24, 2.45) is 10.9 Å². The Balaban J connectivity index is 1.64. The molecular formula is C15H12F2N2O4. The van der Waals surface area contributed by atoms with Crippen LogP contribution in [0.25, 0.3) is 0 Å². The molecule has 1 aliphatic heterocycles. The fourth-order valence-electron chi connectivity index (χ4n) is 2.16. The number of primary amides is 1. The summed E-state index contributed by atoms with van der Waals surface area (Å²) in [7, 11) is 0. The van der Waals surface area contributed by atoms with Crippen molar-refractivity contribution in [2.45, 2.75) is 12.5 Å². The van der Waals surface area contributed by atoms with Gasteiger partial charge >= 0.3 is 0 Å². The smallest absolute Gasteiger partial charge is 0.254 e. The number of nitrogens with two attached hydrogens (primary N) is 1. The lowest BCUT2D eigenvalue weighted by Crippen LogP contribution is -2.20. The topological polar surface area (TPSA) is 87.1 Å². The number of carbonyl (C=O) groups is 1. The lowest BCUT2D eigenvalue weighted by Gasteiger charge is -2.12. The highest BCUT2D eigenvalue weighted by Gasteiger charge is 2.26. The predicted octanol–water partition coefficient (Wildman–Crippen LogP) is 2.23. The molecule has 0 spiro atoms. The molecule has 1 aliphatic rings. The monoisotopic (exact) mass is 322 g/mol. The van der Waals surface area contributed by atoms with E-state index >= 15 is 0 Å². The Hall–Kier alpha value is -2.90. The second kappa shape index (κ2) is 6.07. The predicted molar refractivity (Wildman–Crippen MR) is 75.1 cm³/mol. The molecule has 8 heteroatoms. The quantitative estimate of drug-likeness (QED) is 0.914. The van der Waals surface area contributed by atoms with Gasteiger partial charge in [0.05, 0.1) is 6.26 Å². The number of amides is 1.